The molecule has 0 saturated carbocycles. The maximum Gasteiger partial charge on any atom is 0.243 e. The van der Waals surface area contributed by atoms with E-state index >= 15 is 0 Å². The fourth-order valence-corrected chi connectivity index (χ4v) is 5.43. The third kappa shape index (κ3) is 4.71. The number of aromatic amines is 1. The van der Waals surface area contributed by atoms with Gasteiger partial charge < -0.3 is 5.32 Å². The Bertz CT molecular complexity index is 1110. The molecular weight excluding hydrogens is 478 g/mol. The Morgan fingerprint density at radius 1 is 1.17 bits per heavy atom. The molecule has 2 aromatic carbocycles. The van der Waals surface area contributed by atoms with E-state index in [1.165, 1.54) is 12.1 Å². The van der Waals surface area contributed by atoms with Crippen molar-refractivity contribution in [3.8, 4) is 11.1 Å². The van der Waals surface area contributed by atoms with Gasteiger partial charge in [0.05, 0.1) is 16.1 Å². The number of hydrogen-bond acceptors (Lipinski definition) is 4. The van der Waals surface area contributed by atoms with Gasteiger partial charge >= 0.3 is 0 Å². The standard InChI is InChI=1S/C20H19BrClN3O3S/c1-12(2)19(29(27,28)16-6-3-14(21)4-7-16)20(26)25-15-5-8-17(18(22)9-15)13-10-23-24-11-13/h3-12,19H,1-2H3,(H,23,24)(H,25,26). The van der Waals surface area contributed by atoms with Crippen molar-refractivity contribution in [1.82, 2.24) is 10.2 Å². The van der Waals surface area contributed by atoms with Crippen molar-refractivity contribution in [3.63, 3.8) is 0 Å². The van der Waals surface area contributed by atoms with Gasteiger partial charge in [0.2, 0.25) is 5.91 Å². The first kappa shape index (κ1) is 21.5. The molecule has 3 aromatic rings. The van der Waals surface area contributed by atoms with E-state index in [9.17, 15) is 13.2 Å². The Morgan fingerprint density at radius 2 is 1.86 bits per heavy atom. The van der Waals surface area contributed by atoms with Crippen LogP contribution in [0.25, 0.3) is 11.1 Å². The van der Waals surface area contributed by atoms with Gasteiger partial charge in [-0.05, 0) is 42.3 Å². The van der Waals surface area contributed by atoms with E-state index in [1.54, 1.807) is 56.6 Å². The van der Waals surface area contributed by atoms with Gasteiger partial charge in [-0.15, -0.1) is 0 Å². The van der Waals surface area contributed by atoms with Gasteiger partial charge in [0.1, 0.15) is 5.25 Å². The van der Waals surface area contributed by atoms with E-state index in [2.05, 4.69) is 31.4 Å². The van der Waals surface area contributed by atoms with Crippen LogP contribution in [-0.4, -0.2) is 29.8 Å². The Balaban J connectivity index is 1.87. The molecule has 0 aliphatic rings. The molecule has 0 aliphatic heterocycles. The quantitative estimate of drug-likeness (QED) is 0.506. The average molecular weight is 497 g/mol. The predicted molar refractivity (Wildman–Crippen MR) is 118 cm³/mol. The van der Waals surface area contributed by atoms with E-state index in [1.807, 2.05) is 0 Å². The van der Waals surface area contributed by atoms with Crippen LogP contribution in [0.1, 0.15) is 13.8 Å². The highest BCUT2D eigenvalue weighted by Gasteiger charge is 2.36. The maximum absolute atomic E-state index is 13.1. The second-order valence-corrected chi connectivity index (χ2v) is 10.2. The minimum Gasteiger partial charge on any atom is -0.325 e. The molecule has 3 rings (SSSR count). The summed E-state index contributed by atoms with van der Waals surface area (Å²) in [5.74, 6) is -1.03. The van der Waals surface area contributed by atoms with Crippen molar-refractivity contribution >= 4 is 49.0 Å². The first-order chi connectivity index (χ1) is 13.7. The molecule has 29 heavy (non-hydrogen) atoms. The van der Waals surface area contributed by atoms with E-state index < -0.39 is 26.9 Å². The van der Waals surface area contributed by atoms with Crippen LogP contribution >= 0.6 is 27.5 Å². The lowest BCUT2D eigenvalue weighted by Crippen LogP contribution is -2.39. The molecule has 1 aromatic heterocycles. The molecule has 9 heteroatoms. The van der Waals surface area contributed by atoms with Crippen LogP contribution in [-0.2, 0) is 14.6 Å². The van der Waals surface area contributed by atoms with Crippen molar-refractivity contribution < 1.29 is 13.2 Å². The summed E-state index contributed by atoms with van der Waals surface area (Å²) >= 11 is 9.62. The molecule has 0 saturated heterocycles. The average Bonchev–Trinajstić information content (AvgIpc) is 3.16. The van der Waals surface area contributed by atoms with Gasteiger partial charge in [0.15, 0.2) is 9.84 Å². The molecule has 0 fully saturated rings. The summed E-state index contributed by atoms with van der Waals surface area (Å²) < 4.78 is 26.9. The summed E-state index contributed by atoms with van der Waals surface area (Å²) in [6.07, 6.45) is 3.35. The zero-order chi connectivity index (χ0) is 21.2. The van der Waals surface area contributed by atoms with Crippen LogP contribution in [0.15, 0.2) is 64.2 Å². The van der Waals surface area contributed by atoms with Crippen molar-refractivity contribution in [3.05, 3.63) is 64.4 Å². The first-order valence-electron chi connectivity index (χ1n) is 8.79. The lowest BCUT2D eigenvalue weighted by Gasteiger charge is -2.21. The molecule has 6 nitrogen and oxygen atoms in total. The zero-order valence-corrected chi connectivity index (χ0v) is 18.8. The highest BCUT2D eigenvalue weighted by Crippen LogP contribution is 2.30. The number of carbonyl (C=O) groups is 1. The number of amides is 1. The molecule has 0 radical (unpaired) electrons. The molecule has 1 atom stereocenters. The highest BCUT2D eigenvalue weighted by atomic mass is 79.9. The van der Waals surface area contributed by atoms with E-state index in [0.717, 1.165) is 15.6 Å². The van der Waals surface area contributed by atoms with Gasteiger partial charge in [-0.3, -0.25) is 9.89 Å². The summed E-state index contributed by atoms with van der Waals surface area (Å²) in [6, 6.07) is 11.3. The highest BCUT2D eigenvalue weighted by molar-refractivity contribution is 9.10. The van der Waals surface area contributed by atoms with Crippen LogP contribution in [0, 0.1) is 5.92 Å². The molecule has 0 aliphatic carbocycles. The number of nitrogens with one attached hydrogen (secondary N) is 2. The monoisotopic (exact) mass is 495 g/mol. The second-order valence-electron chi connectivity index (χ2n) is 6.83. The van der Waals surface area contributed by atoms with Gasteiger partial charge in [-0.25, -0.2) is 8.42 Å². The topological polar surface area (TPSA) is 91.9 Å². The van der Waals surface area contributed by atoms with Crippen LogP contribution in [0.3, 0.4) is 0 Å². The van der Waals surface area contributed by atoms with Crippen LogP contribution in [0.2, 0.25) is 5.02 Å². The van der Waals surface area contributed by atoms with Gasteiger partial charge in [-0.1, -0.05) is 47.4 Å². The number of hydrogen-bond donors (Lipinski definition) is 2. The van der Waals surface area contributed by atoms with Crippen molar-refractivity contribution in [2.75, 3.05) is 5.32 Å². The smallest absolute Gasteiger partial charge is 0.243 e. The number of carbonyl (C=O) groups excluding carboxylic acids is 1. The van der Waals surface area contributed by atoms with Crippen molar-refractivity contribution in [1.29, 1.82) is 0 Å². The number of halogens is 2. The number of nitrogens with zero attached hydrogens (tertiary/aromatic N) is 1. The predicted octanol–water partition coefficient (Wildman–Crippen LogP) is 4.93. The third-order valence-corrected chi connectivity index (χ3v) is 7.58. The largest absolute Gasteiger partial charge is 0.325 e. The number of anilines is 1. The second kappa shape index (κ2) is 8.69. The number of sulfone groups is 1. The van der Waals surface area contributed by atoms with Crippen molar-refractivity contribution in [2.24, 2.45) is 5.92 Å². The Labute approximate surface area is 182 Å². The summed E-state index contributed by atoms with van der Waals surface area (Å²) in [4.78, 5) is 13.0. The van der Waals surface area contributed by atoms with Gasteiger partial charge in [0.25, 0.3) is 0 Å². The fourth-order valence-electron chi connectivity index (χ4n) is 3.01. The number of H-pyrrole nitrogens is 1. The van der Waals surface area contributed by atoms with Gasteiger partial charge in [0, 0.05) is 27.5 Å². The Morgan fingerprint density at radius 3 is 2.41 bits per heavy atom. The lowest BCUT2D eigenvalue weighted by atomic mass is 10.1. The molecule has 0 bridgehead atoms. The molecule has 2 N–H and O–H groups in total. The summed E-state index contributed by atoms with van der Waals surface area (Å²) in [5, 5.41) is 8.48. The molecule has 1 unspecified atom stereocenters. The maximum atomic E-state index is 13.1. The zero-order valence-electron chi connectivity index (χ0n) is 15.7. The minimum atomic E-state index is -3.87. The molecule has 0 spiro atoms. The summed E-state index contributed by atoms with van der Waals surface area (Å²) in [5.41, 5.74) is 1.98. The van der Waals surface area contributed by atoms with Gasteiger partial charge in [-0.2, -0.15) is 5.10 Å². The van der Waals surface area contributed by atoms with Crippen LogP contribution < -0.4 is 5.32 Å². The Kier molecular flexibility index (Phi) is 6.45. The van der Waals surface area contributed by atoms with Crippen LogP contribution in [0.5, 0.6) is 0 Å². The Hall–Kier alpha value is -2.16. The lowest BCUT2D eigenvalue weighted by molar-refractivity contribution is -0.116. The van der Waals surface area contributed by atoms with Crippen molar-refractivity contribution in [2.45, 2.75) is 24.0 Å². The van der Waals surface area contributed by atoms with E-state index in [0.29, 0.717) is 10.7 Å². The van der Waals surface area contributed by atoms with E-state index in [-0.39, 0.29) is 4.90 Å². The molecule has 152 valence electrons. The third-order valence-electron chi connectivity index (χ3n) is 4.39. The van der Waals surface area contributed by atoms with Crippen LogP contribution in [0.4, 0.5) is 5.69 Å². The summed E-state index contributed by atoms with van der Waals surface area (Å²) in [6.45, 7) is 3.41. The minimum absolute atomic E-state index is 0.0999. The molecule has 1 amide bonds. The molecular formula is C20H19BrClN3O3S. The van der Waals surface area contributed by atoms with E-state index in [4.69, 9.17) is 11.6 Å². The number of benzene rings is 2. The molecule has 1 heterocycles. The number of aromatic nitrogens is 2. The fraction of sp³-hybridized carbons (Fsp3) is 0.200. The summed E-state index contributed by atoms with van der Waals surface area (Å²) in [7, 11) is -3.87. The SMILES string of the molecule is CC(C)C(C(=O)Nc1ccc(-c2cn[nH]c2)c(Cl)c1)S(=O)(=O)c1ccc(Br)cc1. The number of rotatable bonds is 6. The normalized spacial score (nSPS) is 12.7. The first-order valence-corrected chi connectivity index (χ1v) is 11.5.